The van der Waals surface area contributed by atoms with E-state index in [1.54, 1.807) is 6.07 Å². The molecule has 26 heavy (non-hydrogen) atoms. The molecule has 0 saturated carbocycles. The molecule has 0 unspecified atom stereocenters. The van der Waals surface area contributed by atoms with E-state index in [0.29, 0.717) is 35.4 Å². The van der Waals surface area contributed by atoms with Crippen molar-refractivity contribution in [2.45, 2.75) is 6.61 Å². The number of nitrogens with one attached hydrogen (secondary N) is 1. The first kappa shape index (κ1) is 16.5. The van der Waals surface area contributed by atoms with Crippen LogP contribution >= 0.6 is 11.3 Å². The number of hydrogen-bond acceptors (Lipinski definition) is 6. The third-order valence-electron chi connectivity index (χ3n) is 3.59. The summed E-state index contributed by atoms with van der Waals surface area (Å²) in [7, 11) is 0. The van der Waals surface area contributed by atoms with Crippen LogP contribution in [0.4, 0.5) is 13.9 Å². The minimum absolute atomic E-state index is 0.0843. The van der Waals surface area contributed by atoms with Gasteiger partial charge in [0.2, 0.25) is 0 Å². The van der Waals surface area contributed by atoms with Gasteiger partial charge in [-0.2, -0.15) is 8.78 Å². The molecular formula is C17H12F2N2O4S. The second-order valence-corrected chi connectivity index (χ2v) is 6.37. The second-order valence-electron chi connectivity index (χ2n) is 5.34. The van der Waals surface area contributed by atoms with Crippen LogP contribution in [0.25, 0.3) is 10.2 Å². The third-order valence-corrected chi connectivity index (χ3v) is 4.53. The van der Waals surface area contributed by atoms with Crippen molar-refractivity contribution in [3.63, 3.8) is 0 Å². The second kappa shape index (κ2) is 6.75. The molecule has 0 fully saturated rings. The fourth-order valence-electron chi connectivity index (χ4n) is 2.50. The van der Waals surface area contributed by atoms with Gasteiger partial charge in [-0.25, -0.2) is 4.98 Å². The summed E-state index contributed by atoms with van der Waals surface area (Å²) in [4.78, 5) is 16.7. The first-order valence-corrected chi connectivity index (χ1v) is 8.46. The van der Waals surface area contributed by atoms with Gasteiger partial charge in [-0.15, -0.1) is 0 Å². The van der Waals surface area contributed by atoms with Gasteiger partial charge in [0.25, 0.3) is 5.91 Å². The molecular weight excluding hydrogens is 366 g/mol. The van der Waals surface area contributed by atoms with E-state index in [2.05, 4.69) is 15.0 Å². The standard InChI is InChI=1S/C17H12F2N2O4S/c18-16(19)25-10-3-1-2-9(6-10)15(22)21-17-20-11-7-12-13(8-14(11)26-17)24-5-4-23-12/h1-3,6-8,16H,4-5H2,(H,20,21,22). The summed E-state index contributed by atoms with van der Waals surface area (Å²) in [6, 6.07) is 9.14. The van der Waals surface area contributed by atoms with Crippen molar-refractivity contribution >= 4 is 32.6 Å². The number of benzene rings is 2. The van der Waals surface area contributed by atoms with E-state index in [1.165, 1.54) is 35.6 Å². The number of alkyl halides is 2. The number of fused-ring (bicyclic) bond motifs is 2. The van der Waals surface area contributed by atoms with Crippen LogP contribution in [0.3, 0.4) is 0 Å². The van der Waals surface area contributed by atoms with Crippen LogP contribution in [0.5, 0.6) is 17.2 Å². The number of aromatic nitrogens is 1. The smallest absolute Gasteiger partial charge is 0.387 e. The predicted octanol–water partition coefficient (Wildman–Crippen LogP) is 3.92. The molecule has 0 aliphatic carbocycles. The van der Waals surface area contributed by atoms with Crippen molar-refractivity contribution in [2.24, 2.45) is 0 Å². The number of nitrogens with zero attached hydrogens (tertiary/aromatic N) is 1. The van der Waals surface area contributed by atoms with E-state index in [0.717, 1.165) is 4.70 Å². The Morgan fingerprint density at radius 2 is 1.96 bits per heavy atom. The Balaban J connectivity index is 1.56. The lowest BCUT2D eigenvalue weighted by Gasteiger charge is -2.17. The lowest BCUT2D eigenvalue weighted by atomic mass is 10.2. The highest BCUT2D eigenvalue weighted by Crippen LogP contribution is 2.37. The molecule has 4 rings (SSSR count). The van der Waals surface area contributed by atoms with Crippen LogP contribution in [0.15, 0.2) is 36.4 Å². The monoisotopic (exact) mass is 378 g/mol. The highest BCUT2D eigenvalue weighted by atomic mass is 32.1. The van der Waals surface area contributed by atoms with E-state index >= 15 is 0 Å². The summed E-state index contributed by atoms with van der Waals surface area (Å²) < 4.78 is 40.8. The molecule has 134 valence electrons. The highest BCUT2D eigenvalue weighted by Gasteiger charge is 2.17. The summed E-state index contributed by atoms with van der Waals surface area (Å²) in [5.41, 5.74) is 0.859. The van der Waals surface area contributed by atoms with Crippen LogP contribution in [0.2, 0.25) is 0 Å². The maximum atomic E-state index is 12.3. The van der Waals surface area contributed by atoms with Gasteiger partial charge in [0.1, 0.15) is 19.0 Å². The van der Waals surface area contributed by atoms with Gasteiger partial charge in [0, 0.05) is 17.7 Å². The van der Waals surface area contributed by atoms with E-state index in [9.17, 15) is 13.6 Å². The maximum absolute atomic E-state index is 12.3. The number of hydrogen-bond donors (Lipinski definition) is 1. The zero-order valence-corrected chi connectivity index (χ0v) is 14.0. The van der Waals surface area contributed by atoms with E-state index in [-0.39, 0.29) is 11.3 Å². The Hall–Kier alpha value is -2.94. The number of halogens is 2. The van der Waals surface area contributed by atoms with Crippen molar-refractivity contribution in [3.05, 3.63) is 42.0 Å². The Kier molecular flexibility index (Phi) is 4.29. The summed E-state index contributed by atoms with van der Waals surface area (Å²) in [5.74, 6) is 0.700. The zero-order valence-electron chi connectivity index (χ0n) is 13.2. The topological polar surface area (TPSA) is 69.7 Å². The Morgan fingerprint density at radius 1 is 1.19 bits per heavy atom. The van der Waals surface area contributed by atoms with Gasteiger partial charge in [0.15, 0.2) is 16.6 Å². The fourth-order valence-corrected chi connectivity index (χ4v) is 3.37. The SMILES string of the molecule is O=C(Nc1nc2cc3c(cc2s1)OCCO3)c1cccc(OC(F)F)c1. The van der Waals surface area contributed by atoms with Crippen LogP contribution < -0.4 is 19.5 Å². The summed E-state index contributed by atoms with van der Waals surface area (Å²) in [6.45, 7) is -1.99. The van der Waals surface area contributed by atoms with Crippen molar-refractivity contribution in [3.8, 4) is 17.2 Å². The molecule has 0 saturated heterocycles. The fraction of sp³-hybridized carbons (Fsp3) is 0.176. The first-order valence-electron chi connectivity index (χ1n) is 7.65. The molecule has 6 nitrogen and oxygen atoms in total. The van der Waals surface area contributed by atoms with Gasteiger partial charge < -0.3 is 14.2 Å². The lowest BCUT2D eigenvalue weighted by molar-refractivity contribution is -0.0498. The number of ether oxygens (including phenoxy) is 3. The average Bonchev–Trinajstić information content (AvgIpc) is 3.00. The molecule has 1 aliphatic rings. The summed E-state index contributed by atoms with van der Waals surface area (Å²) in [5, 5.41) is 3.04. The van der Waals surface area contributed by atoms with Gasteiger partial charge in [-0.1, -0.05) is 17.4 Å². The summed E-state index contributed by atoms with van der Waals surface area (Å²) in [6.07, 6.45) is 0. The quantitative estimate of drug-likeness (QED) is 0.745. The molecule has 2 aromatic carbocycles. The molecule has 1 aliphatic heterocycles. The molecule has 3 aromatic rings. The molecule has 0 atom stereocenters. The number of anilines is 1. The Labute approximate surface area is 150 Å². The Bertz CT molecular complexity index is 934. The molecule has 1 amide bonds. The van der Waals surface area contributed by atoms with Crippen LogP contribution in [-0.4, -0.2) is 30.7 Å². The predicted molar refractivity (Wildman–Crippen MR) is 91.6 cm³/mol. The number of carbonyl (C=O) groups is 1. The molecule has 1 N–H and O–H groups in total. The zero-order chi connectivity index (χ0) is 18.1. The largest absolute Gasteiger partial charge is 0.486 e. The number of amides is 1. The summed E-state index contributed by atoms with van der Waals surface area (Å²) >= 11 is 1.28. The van der Waals surface area contributed by atoms with Crippen molar-refractivity contribution in [2.75, 3.05) is 18.5 Å². The van der Waals surface area contributed by atoms with Gasteiger partial charge in [-0.05, 0) is 18.2 Å². The van der Waals surface area contributed by atoms with Gasteiger partial charge in [0.05, 0.1) is 10.2 Å². The van der Waals surface area contributed by atoms with Gasteiger partial charge >= 0.3 is 6.61 Å². The minimum atomic E-state index is -2.95. The number of carbonyl (C=O) groups excluding carboxylic acids is 1. The van der Waals surface area contributed by atoms with Crippen LogP contribution in [0.1, 0.15) is 10.4 Å². The van der Waals surface area contributed by atoms with E-state index in [4.69, 9.17) is 9.47 Å². The molecule has 0 bridgehead atoms. The van der Waals surface area contributed by atoms with Crippen LogP contribution in [-0.2, 0) is 0 Å². The van der Waals surface area contributed by atoms with Crippen molar-refractivity contribution in [1.82, 2.24) is 4.98 Å². The molecule has 0 spiro atoms. The number of thiazole rings is 1. The average molecular weight is 378 g/mol. The third kappa shape index (κ3) is 3.38. The van der Waals surface area contributed by atoms with E-state index < -0.39 is 12.5 Å². The first-order chi connectivity index (χ1) is 12.6. The maximum Gasteiger partial charge on any atom is 0.387 e. The number of rotatable bonds is 4. The molecule has 2 heterocycles. The molecule has 9 heteroatoms. The van der Waals surface area contributed by atoms with Crippen molar-refractivity contribution in [1.29, 1.82) is 0 Å². The molecule has 0 radical (unpaired) electrons. The molecule has 1 aromatic heterocycles. The normalized spacial score (nSPS) is 13.0. The van der Waals surface area contributed by atoms with Crippen molar-refractivity contribution < 1.29 is 27.8 Å². The van der Waals surface area contributed by atoms with Crippen LogP contribution in [0, 0.1) is 0 Å². The van der Waals surface area contributed by atoms with E-state index in [1.807, 2.05) is 6.07 Å². The Morgan fingerprint density at radius 3 is 2.73 bits per heavy atom. The van der Waals surface area contributed by atoms with Gasteiger partial charge in [-0.3, -0.25) is 10.1 Å². The lowest BCUT2D eigenvalue weighted by Crippen LogP contribution is -2.15. The highest BCUT2D eigenvalue weighted by molar-refractivity contribution is 7.22. The minimum Gasteiger partial charge on any atom is -0.486 e.